The summed E-state index contributed by atoms with van der Waals surface area (Å²) < 4.78 is 17.1. The molecule has 0 bridgehead atoms. The number of fused-ring (bicyclic) bond motifs is 5. The first kappa shape index (κ1) is 20.7. The number of nitrogens with zero attached hydrogens (tertiary/aromatic N) is 2. The second-order valence-electron chi connectivity index (χ2n) is 11.6. The third-order valence-corrected chi connectivity index (χ3v) is 9.71. The van der Waals surface area contributed by atoms with Crippen LogP contribution in [0.3, 0.4) is 0 Å². The number of Topliss-reactive ketones (excluding diaryl/α,β-unsaturated/α-hetero) is 1. The Hall–Kier alpha value is -1.23. The molecule has 4 aliphatic rings. The average molecular weight is 417 g/mol. The van der Waals surface area contributed by atoms with E-state index in [-0.39, 0.29) is 17.3 Å². The number of aryl methyl sites for hydroxylation is 1. The van der Waals surface area contributed by atoms with Gasteiger partial charge in [0.25, 0.3) is 0 Å². The first-order valence-electron chi connectivity index (χ1n) is 12.1. The number of halogens is 1. The van der Waals surface area contributed by atoms with E-state index in [1.807, 2.05) is 20.0 Å². The maximum Gasteiger partial charge on any atom is 0.157 e. The van der Waals surface area contributed by atoms with Crippen molar-refractivity contribution >= 4 is 5.78 Å². The Kier molecular flexibility index (Phi) is 4.92. The van der Waals surface area contributed by atoms with Gasteiger partial charge in [-0.25, -0.2) is 4.39 Å². The SMILES string of the molecule is Cc1cnn(CC(=O)[C@H]2CC[C@H]3[C@@H]4C[C@@H](F)[C@@H]5C[C@](C)(O)CC[C@@H]5[C@H]4CC[C@]23C)c1. The van der Waals surface area contributed by atoms with Crippen LogP contribution in [0.15, 0.2) is 12.4 Å². The normalized spacial score (nSPS) is 48.0. The van der Waals surface area contributed by atoms with Crippen LogP contribution in [0.2, 0.25) is 0 Å². The van der Waals surface area contributed by atoms with Crippen LogP contribution in [-0.4, -0.2) is 32.4 Å². The van der Waals surface area contributed by atoms with Gasteiger partial charge in [-0.3, -0.25) is 9.48 Å². The van der Waals surface area contributed by atoms with Gasteiger partial charge in [-0.1, -0.05) is 6.92 Å². The van der Waals surface area contributed by atoms with E-state index in [0.29, 0.717) is 48.8 Å². The van der Waals surface area contributed by atoms with Crippen LogP contribution >= 0.6 is 0 Å². The summed E-state index contributed by atoms with van der Waals surface area (Å²) in [5.41, 5.74) is 0.390. The lowest BCUT2D eigenvalue weighted by Gasteiger charge is -2.57. The monoisotopic (exact) mass is 416 g/mol. The van der Waals surface area contributed by atoms with E-state index in [1.165, 1.54) is 0 Å². The molecule has 4 aliphatic carbocycles. The molecular formula is C25H37FN2O2. The molecule has 4 nitrogen and oxygen atoms in total. The van der Waals surface area contributed by atoms with Gasteiger partial charge in [0.15, 0.2) is 5.78 Å². The second kappa shape index (κ2) is 7.15. The summed E-state index contributed by atoms with van der Waals surface area (Å²) in [6.45, 7) is 6.56. The van der Waals surface area contributed by atoms with Crippen molar-refractivity contribution in [2.24, 2.45) is 40.9 Å². The first-order valence-corrected chi connectivity index (χ1v) is 12.1. The Morgan fingerprint density at radius 2 is 1.90 bits per heavy atom. The van der Waals surface area contributed by atoms with Gasteiger partial charge in [-0.15, -0.1) is 0 Å². The van der Waals surface area contributed by atoms with Gasteiger partial charge in [0.2, 0.25) is 0 Å². The third-order valence-electron chi connectivity index (χ3n) is 9.71. The molecule has 30 heavy (non-hydrogen) atoms. The van der Waals surface area contributed by atoms with Crippen molar-refractivity contribution in [3.63, 3.8) is 0 Å². The van der Waals surface area contributed by atoms with E-state index < -0.39 is 11.8 Å². The van der Waals surface area contributed by atoms with Gasteiger partial charge < -0.3 is 5.11 Å². The van der Waals surface area contributed by atoms with Gasteiger partial charge >= 0.3 is 0 Å². The maximum atomic E-state index is 15.4. The summed E-state index contributed by atoms with van der Waals surface area (Å²) in [6, 6.07) is 0. The zero-order chi connectivity index (χ0) is 21.3. The molecule has 4 fully saturated rings. The predicted octanol–water partition coefficient (Wildman–Crippen LogP) is 4.73. The van der Waals surface area contributed by atoms with Gasteiger partial charge in [0.1, 0.15) is 6.17 Å². The molecule has 0 saturated heterocycles. The Morgan fingerprint density at radius 3 is 2.63 bits per heavy atom. The summed E-state index contributed by atoms with van der Waals surface area (Å²) in [5, 5.41) is 14.8. The van der Waals surface area contributed by atoms with E-state index in [4.69, 9.17) is 0 Å². The maximum absolute atomic E-state index is 15.4. The lowest BCUT2D eigenvalue weighted by molar-refractivity contribution is -0.139. The minimum absolute atomic E-state index is 0.00711. The molecule has 4 saturated carbocycles. The van der Waals surface area contributed by atoms with E-state index in [0.717, 1.165) is 44.1 Å². The van der Waals surface area contributed by atoms with Crippen molar-refractivity contribution in [1.82, 2.24) is 9.78 Å². The van der Waals surface area contributed by atoms with Crippen LogP contribution in [0.5, 0.6) is 0 Å². The number of ketones is 1. The van der Waals surface area contributed by atoms with Gasteiger partial charge in [0, 0.05) is 12.1 Å². The molecule has 1 heterocycles. The fraction of sp³-hybridized carbons (Fsp3) is 0.840. The molecule has 9 atom stereocenters. The topological polar surface area (TPSA) is 55.1 Å². The van der Waals surface area contributed by atoms with Crippen molar-refractivity contribution in [3.8, 4) is 0 Å². The van der Waals surface area contributed by atoms with Crippen LogP contribution < -0.4 is 0 Å². The number of hydrogen-bond acceptors (Lipinski definition) is 3. The number of alkyl halides is 1. The molecule has 0 amide bonds. The first-order chi connectivity index (χ1) is 14.2. The lowest BCUT2D eigenvalue weighted by atomic mass is 9.48. The number of aliphatic hydroxyl groups is 1. The number of carbonyl (C=O) groups excluding carboxylic acids is 1. The highest BCUT2D eigenvalue weighted by atomic mass is 19.1. The smallest absolute Gasteiger partial charge is 0.157 e. The zero-order valence-electron chi connectivity index (χ0n) is 18.7. The molecule has 5 heteroatoms. The minimum atomic E-state index is -0.799. The molecule has 0 unspecified atom stereocenters. The van der Waals surface area contributed by atoms with E-state index in [2.05, 4.69) is 12.0 Å². The molecule has 5 rings (SSSR count). The minimum Gasteiger partial charge on any atom is -0.390 e. The molecule has 166 valence electrons. The van der Waals surface area contributed by atoms with Gasteiger partial charge in [-0.05, 0) is 106 Å². The number of hydrogen-bond donors (Lipinski definition) is 1. The van der Waals surface area contributed by atoms with Crippen molar-refractivity contribution in [2.75, 3.05) is 0 Å². The van der Waals surface area contributed by atoms with Gasteiger partial charge in [-0.2, -0.15) is 5.10 Å². The fourth-order valence-electron chi connectivity index (χ4n) is 8.36. The predicted molar refractivity (Wildman–Crippen MR) is 113 cm³/mol. The Morgan fingerprint density at radius 1 is 1.17 bits per heavy atom. The summed E-state index contributed by atoms with van der Waals surface area (Å²) in [5.74, 6) is 2.29. The van der Waals surface area contributed by atoms with Crippen molar-refractivity contribution in [2.45, 2.75) is 90.5 Å². The van der Waals surface area contributed by atoms with Crippen LogP contribution in [0, 0.1) is 47.8 Å². The molecule has 1 N–H and O–H groups in total. The van der Waals surface area contributed by atoms with Crippen LogP contribution in [-0.2, 0) is 11.3 Å². The summed E-state index contributed by atoms with van der Waals surface area (Å²) >= 11 is 0. The Balaban J connectivity index is 1.34. The number of carbonyl (C=O) groups is 1. The Labute approximate surface area is 179 Å². The lowest BCUT2D eigenvalue weighted by Crippen LogP contribution is -2.54. The second-order valence-corrected chi connectivity index (χ2v) is 11.6. The van der Waals surface area contributed by atoms with E-state index in [9.17, 15) is 9.90 Å². The van der Waals surface area contributed by atoms with Crippen LogP contribution in [0.4, 0.5) is 4.39 Å². The largest absolute Gasteiger partial charge is 0.390 e. The van der Waals surface area contributed by atoms with Crippen molar-refractivity contribution in [3.05, 3.63) is 18.0 Å². The molecule has 0 aliphatic heterocycles. The molecule has 0 radical (unpaired) electrons. The molecule has 0 aromatic carbocycles. The Bertz CT molecular complexity index is 820. The number of rotatable bonds is 3. The van der Waals surface area contributed by atoms with Crippen molar-refractivity contribution < 1.29 is 14.3 Å². The van der Waals surface area contributed by atoms with Crippen molar-refractivity contribution in [1.29, 1.82) is 0 Å². The molecule has 1 aromatic heterocycles. The molecule has 1 aromatic rings. The molecular weight excluding hydrogens is 379 g/mol. The fourth-order valence-corrected chi connectivity index (χ4v) is 8.36. The highest BCUT2D eigenvalue weighted by Gasteiger charge is 2.60. The zero-order valence-corrected chi connectivity index (χ0v) is 18.7. The summed E-state index contributed by atoms with van der Waals surface area (Å²) in [7, 11) is 0. The van der Waals surface area contributed by atoms with Crippen LogP contribution in [0.25, 0.3) is 0 Å². The summed E-state index contributed by atoms with van der Waals surface area (Å²) in [6.07, 6.45) is 10.2. The standard InChI is InChI=1S/C25H37FN2O2/c1-15-12-27-28(13-15)14-23(29)21-5-4-20-18-10-22(26)19-11-24(2,30)8-6-17(19)16(18)7-9-25(20,21)3/h12-13,16-22,30H,4-11,14H2,1-3H3/t16-,17-,18-,19-,20+,21-,22-,24-,25+/m1/s1. The van der Waals surface area contributed by atoms with E-state index >= 15 is 4.39 Å². The van der Waals surface area contributed by atoms with Crippen LogP contribution in [0.1, 0.15) is 70.8 Å². The highest BCUT2D eigenvalue weighted by Crippen LogP contribution is 2.65. The highest BCUT2D eigenvalue weighted by molar-refractivity contribution is 5.82. The third kappa shape index (κ3) is 3.27. The average Bonchev–Trinajstić information content (AvgIpc) is 3.24. The summed E-state index contributed by atoms with van der Waals surface area (Å²) in [4.78, 5) is 13.2. The number of aromatic nitrogens is 2. The van der Waals surface area contributed by atoms with E-state index in [1.54, 1.807) is 10.9 Å². The van der Waals surface area contributed by atoms with Gasteiger partial charge in [0.05, 0.1) is 18.3 Å². The quantitative estimate of drug-likeness (QED) is 0.775. The molecule has 0 spiro atoms.